The van der Waals surface area contributed by atoms with Crippen molar-refractivity contribution in [2.45, 2.75) is 32.5 Å². The van der Waals surface area contributed by atoms with Crippen LogP contribution < -0.4 is 9.47 Å². The van der Waals surface area contributed by atoms with E-state index in [1.807, 2.05) is 19.9 Å². The van der Waals surface area contributed by atoms with Crippen LogP contribution in [-0.2, 0) is 4.74 Å². The lowest BCUT2D eigenvalue weighted by Gasteiger charge is -2.22. The highest BCUT2D eigenvalue weighted by molar-refractivity contribution is 5.43. The van der Waals surface area contributed by atoms with Crippen molar-refractivity contribution in [3.63, 3.8) is 0 Å². The largest absolute Gasteiger partial charge is 0.493 e. The highest BCUT2D eigenvalue weighted by Gasteiger charge is 2.20. The molecule has 1 aromatic rings. The highest BCUT2D eigenvalue weighted by Crippen LogP contribution is 2.31. The van der Waals surface area contributed by atoms with E-state index in [4.69, 9.17) is 14.2 Å². The summed E-state index contributed by atoms with van der Waals surface area (Å²) in [5, 5.41) is 10.3. The maximum Gasteiger partial charge on any atom is 0.161 e. The molecule has 102 valence electrons. The summed E-state index contributed by atoms with van der Waals surface area (Å²) in [6, 6.07) is 5.40. The predicted octanol–water partition coefficient (Wildman–Crippen LogP) is 2.55. The summed E-state index contributed by atoms with van der Waals surface area (Å²) in [5.41, 5.74) is 0.771. The summed E-state index contributed by atoms with van der Waals surface area (Å²) in [7, 11) is 3.16. The van der Waals surface area contributed by atoms with Crippen molar-refractivity contribution in [3.8, 4) is 11.5 Å². The van der Waals surface area contributed by atoms with Gasteiger partial charge in [-0.2, -0.15) is 0 Å². The fourth-order valence-corrected chi connectivity index (χ4v) is 1.90. The Bertz CT molecular complexity index is 365. The number of aliphatic hydroxyl groups excluding tert-OH is 1. The van der Waals surface area contributed by atoms with Gasteiger partial charge in [-0.15, -0.1) is 0 Å². The second-order valence-electron chi connectivity index (χ2n) is 3.96. The lowest BCUT2D eigenvalue weighted by Crippen LogP contribution is -2.21. The van der Waals surface area contributed by atoms with Crippen LogP contribution in [-0.4, -0.2) is 32.0 Å². The monoisotopic (exact) mass is 254 g/mol. The van der Waals surface area contributed by atoms with Gasteiger partial charge in [-0.3, -0.25) is 0 Å². The van der Waals surface area contributed by atoms with Crippen LogP contribution in [0.25, 0.3) is 0 Å². The van der Waals surface area contributed by atoms with Gasteiger partial charge in [-0.1, -0.05) is 13.0 Å². The van der Waals surface area contributed by atoms with Gasteiger partial charge in [0.1, 0.15) is 6.10 Å². The SMILES string of the molecule is CCOC(CC)C(O)c1ccc(OC)c(OC)c1. The van der Waals surface area contributed by atoms with E-state index in [9.17, 15) is 5.11 Å². The minimum atomic E-state index is -0.658. The van der Waals surface area contributed by atoms with Crippen LogP contribution in [0.3, 0.4) is 0 Å². The highest BCUT2D eigenvalue weighted by atomic mass is 16.5. The standard InChI is InChI=1S/C14H22O4/c1-5-11(18-6-2)14(15)10-7-8-12(16-3)13(9-10)17-4/h7-9,11,14-15H,5-6H2,1-4H3. The van der Waals surface area contributed by atoms with Crippen LogP contribution in [0.15, 0.2) is 18.2 Å². The van der Waals surface area contributed by atoms with E-state index < -0.39 is 6.10 Å². The van der Waals surface area contributed by atoms with E-state index in [1.54, 1.807) is 26.4 Å². The first-order valence-corrected chi connectivity index (χ1v) is 6.19. The Hall–Kier alpha value is -1.26. The smallest absolute Gasteiger partial charge is 0.161 e. The molecule has 0 radical (unpaired) electrons. The Labute approximate surface area is 108 Å². The number of ether oxygens (including phenoxy) is 3. The molecule has 4 heteroatoms. The van der Waals surface area contributed by atoms with Gasteiger partial charge in [0.2, 0.25) is 0 Å². The van der Waals surface area contributed by atoms with Gasteiger partial charge >= 0.3 is 0 Å². The Kier molecular flexibility index (Phi) is 5.95. The molecule has 0 saturated carbocycles. The molecule has 0 aliphatic heterocycles. The van der Waals surface area contributed by atoms with E-state index in [1.165, 1.54) is 0 Å². The van der Waals surface area contributed by atoms with Gasteiger partial charge in [0.25, 0.3) is 0 Å². The molecule has 2 atom stereocenters. The number of methoxy groups -OCH3 is 2. The summed E-state index contributed by atoms with van der Waals surface area (Å²) in [6.45, 7) is 4.50. The average molecular weight is 254 g/mol. The maximum absolute atomic E-state index is 10.3. The van der Waals surface area contributed by atoms with Crippen molar-refractivity contribution in [1.29, 1.82) is 0 Å². The molecule has 0 aliphatic rings. The number of hydrogen-bond donors (Lipinski definition) is 1. The fraction of sp³-hybridized carbons (Fsp3) is 0.571. The lowest BCUT2D eigenvalue weighted by atomic mass is 10.0. The molecule has 1 rings (SSSR count). The van der Waals surface area contributed by atoms with Gasteiger partial charge in [-0.05, 0) is 31.0 Å². The van der Waals surface area contributed by atoms with Gasteiger partial charge in [-0.25, -0.2) is 0 Å². The first-order valence-electron chi connectivity index (χ1n) is 6.19. The minimum absolute atomic E-state index is 0.201. The molecule has 0 bridgehead atoms. The van der Waals surface area contributed by atoms with Crippen LogP contribution in [0, 0.1) is 0 Å². The van der Waals surface area contributed by atoms with Crippen molar-refractivity contribution in [2.75, 3.05) is 20.8 Å². The van der Waals surface area contributed by atoms with Crippen molar-refractivity contribution in [3.05, 3.63) is 23.8 Å². The topological polar surface area (TPSA) is 47.9 Å². The molecule has 4 nitrogen and oxygen atoms in total. The van der Waals surface area contributed by atoms with Crippen LogP contribution in [0.2, 0.25) is 0 Å². The summed E-state index contributed by atoms with van der Waals surface area (Å²) in [5.74, 6) is 1.26. The quantitative estimate of drug-likeness (QED) is 0.812. The normalized spacial score (nSPS) is 14.1. The van der Waals surface area contributed by atoms with Gasteiger partial charge in [0, 0.05) is 6.61 Å². The second kappa shape index (κ2) is 7.24. The van der Waals surface area contributed by atoms with E-state index in [0.717, 1.165) is 12.0 Å². The van der Waals surface area contributed by atoms with Crippen molar-refractivity contribution >= 4 is 0 Å². The Morgan fingerprint density at radius 3 is 2.28 bits per heavy atom. The number of rotatable bonds is 7. The third-order valence-electron chi connectivity index (χ3n) is 2.88. The molecular weight excluding hydrogens is 232 g/mol. The zero-order valence-electron chi connectivity index (χ0n) is 11.5. The first-order chi connectivity index (χ1) is 8.67. The summed E-state index contributed by atoms with van der Waals surface area (Å²) in [6.07, 6.45) is -0.105. The Morgan fingerprint density at radius 1 is 1.11 bits per heavy atom. The van der Waals surface area contributed by atoms with E-state index >= 15 is 0 Å². The molecule has 0 fully saturated rings. The van der Waals surface area contributed by atoms with Crippen LogP contribution in [0.1, 0.15) is 31.9 Å². The molecule has 0 aromatic heterocycles. The van der Waals surface area contributed by atoms with Crippen molar-refractivity contribution < 1.29 is 19.3 Å². The van der Waals surface area contributed by atoms with E-state index in [0.29, 0.717) is 18.1 Å². The molecule has 0 aliphatic carbocycles. The summed E-state index contributed by atoms with van der Waals surface area (Å²) < 4.78 is 15.9. The average Bonchev–Trinajstić information content (AvgIpc) is 2.43. The molecule has 1 N–H and O–H groups in total. The Balaban J connectivity index is 2.94. The third kappa shape index (κ3) is 3.37. The molecule has 0 saturated heterocycles. The van der Waals surface area contributed by atoms with Crippen molar-refractivity contribution in [1.82, 2.24) is 0 Å². The molecule has 2 unspecified atom stereocenters. The van der Waals surface area contributed by atoms with Gasteiger partial charge in [0.15, 0.2) is 11.5 Å². The lowest BCUT2D eigenvalue weighted by molar-refractivity contribution is -0.0356. The minimum Gasteiger partial charge on any atom is -0.493 e. The summed E-state index contributed by atoms with van der Waals surface area (Å²) in [4.78, 5) is 0. The molecule has 0 amide bonds. The molecule has 0 spiro atoms. The molecular formula is C14H22O4. The second-order valence-corrected chi connectivity index (χ2v) is 3.96. The summed E-state index contributed by atoms with van der Waals surface area (Å²) >= 11 is 0. The zero-order chi connectivity index (χ0) is 13.5. The van der Waals surface area contributed by atoms with Crippen LogP contribution in [0.5, 0.6) is 11.5 Å². The first kappa shape index (κ1) is 14.8. The third-order valence-corrected chi connectivity index (χ3v) is 2.88. The molecule has 0 heterocycles. The fourth-order valence-electron chi connectivity index (χ4n) is 1.90. The van der Waals surface area contributed by atoms with Crippen molar-refractivity contribution in [2.24, 2.45) is 0 Å². The maximum atomic E-state index is 10.3. The number of benzene rings is 1. The predicted molar refractivity (Wildman–Crippen MR) is 70.2 cm³/mol. The zero-order valence-corrected chi connectivity index (χ0v) is 11.5. The molecule has 1 aromatic carbocycles. The van der Waals surface area contributed by atoms with Gasteiger partial charge in [0.05, 0.1) is 20.3 Å². The van der Waals surface area contributed by atoms with E-state index in [-0.39, 0.29) is 6.10 Å². The van der Waals surface area contributed by atoms with Crippen LogP contribution in [0.4, 0.5) is 0 Å². The number of aliphatic hydroxyl groups is 1. The molecule has 18 heavy (non-hydrogen) atoms. The number of hydrogen-bond acceptors (Lipinski definition) is 4. The van der Waals surface area contributed by atoms with Gasteiger partial charge < -0.3 is 19.3 Å². The van der Waals surface area contributed by atoms with Crippen LogP contribution >= 0.6 is 0 Å². The van der Waals surface area contributed by atoms with E-state index in [2.05, 4.69) is 0 Å². The Morgan fingerprint density at radius 2 is 1.78 bits per heavy atom.